The van der Waals surface area contributed by atoms with Gasteiger partial charge in [-0.05, 0) is 18.2 Å². The highest BCUT2D eigenvalue weighted by Gasteiger charge is 2.14. The van der Waals surface area contributed by atoms with Crippen molar-refractivity contribution >= 4 is 5.82 Å². The van der Waals surface area contributed by atoms with Crippen LogP contribution in [0.2, 0.25) is 0 Å². The predicted octanol–water partition coefficient (Wildman–Crippen LogP) is 2.39. The van der Waals surface area contributed by atoms with Gasteiger partial charge in [-0.2, -0.15) is 0 Å². The molecular formula is C10H9F3N4. The Hall–Kier alpha value is -2.05. The quantitative estimate of drug-likeness (QED) is 0.898. The van der Waals surface area contributed by atoms with Gasteiger partial charge in [0, 0.05) is 7.05 Å². The zero-order chi connectivity index (χ0) is 12.4. The summed E-state index contributed by atoms with van der Waals surface area (Å²) >= 11 is 0. The van der Waals surface area contributed by atoms with Crippen molar-refractivity contribution in [2.75, 3.05) is 12.4 Å². The topological polar surface area (TPSA) is 42.7 Å². The first-order valence-electron chi connectivity index (χ1n) is 4.80. The summed E-state index contributed by atoms with van der Waals surface area (Å²) < 4.78 is 39.4. The van der Waals surface area contributed by atoms with Gasteiger partial charge in [-0.3, -0.25) is 0 Å². The van der Waals surface area contributed by atoms with Crippen LogP contribution in [0.15, 0.2) is 24.4 Å². The molecule has 1 aromatic heterocycles. The molecule has 0 saturated carbocycles. The van der Waals surface area contributed by atoms with Crippen molar-refractivity contribution in [3.05, 3.63) is 35.8 Å². The number of halogens is 3. The van der Waals surface area contributed by atoms with Gasteiger partial charge in [0.05, 0.1) is 17.4 Å². The fourth-order valence-electron chi connectivity index (χ4n) is 1.35. The molecule has 0 aliphatic heterocycles. The van der Waals surface area contributed by atoms with Crippen molar-refractivity contribution in [2.24, 2.45) is 0 Å². The lowest BCUT2D eigenvalue weighted by Gasteiger charge is -2.05. The van der Waals surface area contributed by atoms with Crippen molar-refractivity contribution in [2.45, 2.75) is 6.43 Å². The highest BCUT2D eigenvalue weighted by molar-refractivity contribution is 5.39. The van der Waals surface area contributed by atoms with Crippen molar-refractivity contribution in [3.8, 4) is 5.69 Å². The molecule has 17 heavy (non-hydrogen) atoms. The zero-order valence-corrected chi connectivity index (χ0v) is 8.86. The fraction of sp³-hybridized carbons (Fsp3) is 0.200. The minimum Gasteiger partial charge on any atom is -0.370 e. The van der Waals surface area contributed by atoms with E-state index in [1.54, 1.807) is 7.05 Å². The maximum atomic E-state index is 13.1. The molecular weight excluding hydrogens is 233 g/mol. The molecule has 0 amide bonds. The number of aromatic nitrogens is 3. The minimum absolute atomic E-state index is 0.329. The molecule has 0 saturated heterocycles. The lowest BCUT2D eigenvalue weighted by atomic mass is 10.2. The molecule has 4 nitrogen and oxygen atoms in total. The minimum atomic E-state index is -2.86. The van der Waals surface area contributed by atoms with Crippen molar-refractivity contribution in [1.82, 2.24) is 15.0 Å². The molecule has 90 valence electrons. The molecule has 0 radical (unpaired) electrons. The van der Waals surface area contributed by atoms with E-state index in [2.05, 4.69) is 15.6 Å². The maximum absolute atomic E-state index is 13.1. The Labute approximate surface area is 95.1 Å². The molecule has 0 aliphatic rings. The molecule has 1 heterocycles. The van der Waals surface area contributed by atoms with E-state index in [0.717, 1.165) is 12.1 Å². The van der Waals surface area contributed by atoms with Crippen LogP contribution in [-0.4, -0.2) is 22.0 Å². The highest BCUT2D eigenvalue weighted by atomic mass is 19.3. The van der Waals surface area contributed by atoms with Crippen molar-refractivity contribution in [1.29, 1.82) is 0 Å². The number of benzene rings is 1. The van der Waals surface area contributed by atoms with E-state index in [0.29, 0.717) is 11.5 Å². The van der Waals surface area contributed by atoms with Gasteiger partial charge in [0.15, 0.2) is 5.82 Å². The first kappa shape index (κ1) is 11.4. The number of alkyl halides is 2. The van der Waals surface area contributed by atoms with Gasteiger partial charge < -0.3 is 5.32 Å². The Bertz CT molecular complexity index is 524. The zero-order valence-electron chi connectivity index (χ0n) is 8.86. The van der Waals surface area contributed by atoms with E-state index in [1.165, 1.54) is 16.9 Å². The third-order valence-corrected chi connectivity index (χ3v) is 2.23. The number of hydrogen-bond donors (Lipinski definition) is 1. The summed E-state index contributed by atoms with van der Waals surface area (Å²) in [7, 11) is 1.66. The maximum Gasteiger partial charge on any atom is 0.266 e. The van der Waals surface area contributed by atoms with Crippen LogP contribution in [0.1, 0.15) is 12.0 Å². The number of hydrogen-bond acceptors (Lipinski definition) is 3. The molecule has 2 rings (SSSR count). The van der Waals surface area contributed by atoms with Crippen LogP contribution in [0.25, 0.3) is 5.69 Å². The number of nitrogens with zero attached hydrogens (tertiary/aromatic N) is 3. The van der Waals surface area contributed by atoms with Gasteiger partial charge in [0.25, 0.3) is 6.43 Å². The number of nitrogens with one attached hydrogen (secondary N) is 1. The Morgan fingerprint density at radius 2 is 2.12 bits per heavy atom. The number of rotatable bonds is 3. The summed E-state index contributed by atoms with van der Waals surface area (Å²) in [5.74, 6) is -0.439. The van der Waals surface area contributed by atoms with Crippen LogP contribution in [0.4, 0.5) is 19.0 Å². The summed E-state index contributed by atoms with van der Waals surface area (Å²) in [6, 6.07) is 3.39. The average Bonchev–Trinajstić information content (AvgIpc) is 2.78. The van der Waals surface area contributed by atoms with Gasteiger partial charge >= 0.3 is 0 Å². The second kappa shape index (κ2) is 4.44. The lowest BCUT2D eigenvalue weighted by Crippen LogP contribution is -1.99. The van der Waals surface area contributed by atoms with E-state index >= 15 is 0 Å². The lowest BCUT2D eigenvalue weighted by molar-refractivity contribution is 0.146. The van der Waals surface area contributed by atoms with Gasteiger partial charge in [-0.15, -0.1) is 5.10 Å². The van der Waals surface area contributed by atoms with Gasteiger partial charge in [0.2, 0.25) is 0 Å². The Balaban J connectivity index is 2.42. The Kier molecular flexibility index (Phi) is 2.99. The standard InChI is InChI=1S/C10H9F3N4/c1-14-9-5-17(16-15-9)6-2-3-8(11)7(4-6)10(12)13/h2-5,10,14H,1H3. The largest absolute Gasteiger partial charge is 0.370 e. The van der Waals surface area contributed by atoms with Crippen molar-refractivity contribution < 1.29 is 13.2 Å². The fourth-order valence-corrected chi connectivity index (χ4v) is 1.35. The van der Waals surface area contributed by atoms with E-state index in [1.807, 2.05) is 0 Å². The summed E-state index contributed by atoms with van der Waals surface area (Å²) in [5.41, 5.74) is -0.320. The third kappa shape index (κ3) is 2.22. The molecule has 0 aliphatic carbocycles. The van der Waals surface area contributed by atoms with E-state index < -0.39 is 17.8 Å². The summed E-state index contributed by atoms with van der Waals surface area (Å²) in [6.07, 6.45) is -1.34. The number of anilines is 1. The molecule has 0 bridgehead atoms. The van der Waals surface area contributed by atoms with E-state index in [-0.39, 0.29) is 0 Å². The monoisotopic (exact) mass is 242 g/mol. The normalized spacial score (nSPS) is 10.9. The van der Waals surface area contributed by atoms with Crippen LogP contribution >= 0.6 is 0 Å². The van der Waals surface area contributed by atoms with Crippen molar-refractivity contribution in [3.63, 3.8) is 0 Å². The van der Waals surface area contributed by atoms with Crippen LogP contribution in [0.5, 0.6) is 0 Å². The Morgan fingerprint density at radius 3 is 2.71 bits per heavy atom. The summed E-state index contributed by atoms with van der Waals surface area (Å²) in [5, 5.41) is 10.2. The summed E-state index contributed by atoms with van der Waals surface area (Å²) in [4.78, 5) is 0. The van der Waals surface area contributed by atoms with Crippen LogP contribution in [0, 0.1) is 5.82 Å². The summed E-state index contributed by atoms with van der Waals surface area (Å²) in [6.45, 7) is 0. The van der Waals surface area contributed by atoms with Gasteiger partial charge in [-0.25, -0.2) is 17.9 Å². The molecule has 0 atom stereocenters. The molecule has 2 aromatic rings. The highest BCUT2D eigenvalue weighted by Crippen LogP contribution is 2.24. The van der Waals surface area contributed by atoms with Gasteiger partial charge in [-0.1, -0.05) is 5.21 Å². The Morgan fingerprint density at radius 1 is 1.35 bits per heavy atom. The molecule has 0 spiro atoms. The van der Waals surface area contributed by atoms with E-state index in [9.17, 15) is 13.2 Å². The van der Waals surface area contributed by atoms with Crippen LogP contribution in [-0.2, 0) is 0 Å². The average molecular weight is 242 g/mol. The predicted molar refractivity (Wildman–Crippen MR) is 55.8 cm³/mol. The van der Waals surface area contributed by atoms with E-state index in [4.69, 9.17) is 0 Å². The van der Waals surface area contributed by atoms with Crippen LogP contribution < -0.4 is 5.32 Å². The first-order chi connectivity index (χ1) is 8.11. The first-order valence-corrected chi connectivity index (χ1v) is 4.80. The molecule has 0 fully saturated rings. The molecule has 0 unspecified atom stereocenters. The SMILES string of the molecule is CNc1cn(-c2ccc(F)c(C(F)F)c2)nn1. The second-order valence-corrected chi connectivity index (χ2v) is 3.30. The van der Waals surface area contributed by atoms with Gasteiger partial charge in [0.1, 0.15) is 5.82 Å². The smallest absolute Gasteiger partial charge is 0.266 e. The molecule has 1 N–H and O–H groups in total. The van der Waals surface area contributed by atoms with Crippen LogP contribution in [0.3, 0.4) is 0 Å². The molecule has 1 aromatic carbocycles. The molecule has 7 heteroatoms. The second-order valence-electron chi connectivity index (χ2n) is 3.30. The third-order valence-electron chi connectivity index (χ3n) is 2.23.